The fraction of sp³-hybridized carbons (Fsp3) is 0.778. The lowest BCUT2D eigenvalue weighted by molar-refractivity contribution is -0.153. The maximum Gasteiger partial charge on any atom is 0.333 e. The Morgan fingerprint density at radius 2 is 1.86 bits per heavy atom. The number of carbonyl (C=O) groups is 2. The first-order valence-corrected chi connectivity index (χ1v) is 8.24. The van der Waals surface area contributed by atoms with Crippen molar-refractivity contribution in [2.45, 2.75) is 59.0 Å². The molecule has 0 heterocycles. The van der Waals surface area contributed by atoms with Crippen LogP contribution in [-0.4, -0.2) is 25.2 Å². The van der Waals surface area contributed by atoms with Gasteiger partial charge in [-0.2, -0.15) is 0 Å². The lowest BCUT2D eigenvalue weighted by atomic mass is 9.69. The number of hydrogen-bond acceptors (Lipinski definition) is 4. The summed E-state index contributed by atoms with van der Waals surface area (Å²) in [6, 6.07) is 0. The van der Waals surface area contributed by atoms with E-state index in [1.807, 2.05) is 0 Å². The van der Waals surface area contributed by atoms with Crippen LogP contribution in [0.3, 0.4) is 0 Å². The zero-order valence-electron chi connectivity index (χ0n) is 14.2. The first-order chi connectivity index (χ1) is 10.3. The van der Waals surface area contributed by atoms with Crippen LogP contribution in [0.1, 0.15) is 52.9 Å². The predicted molar refractivity (Wildman–Crippen MR) is 84.0 cm³/mol. The Bertz CT molecular complexity index is 470. The third kappa shape index (κ3) is 3.06. The highest BCUT2D eigenvalue weighted by atomic mass is 16.5. The smallest absolute Gasteiger partial charge is 0.333 e. The second-order valence-corrected chi connectivity index (χ2v) is 7.26. The van der Waals surface area contributed by atoms with E-state index in [0.717, 1.165) is 32.1 Å². The van der Waals surface area contributed by atoms with Gasteiger partial charge in [0, 0.05) is 17.9 Å². The van der Waals surface area contributed by atoms with Crippen molar-refractivity contribution in [3.8, 4) is 0 Å². The number of ether oxygens (including phenoxy) is 2. The Kier molecular flexibility index (Phi) is 4.98. The van der Waals surface area contributed by atoms with Gasteiger partial charge in [0.15, 0.2) is 0 Å². The maximum absolute atomic E-state index is 11.9. The Morgan fingerprint density at radius 3 is 2.45 bits per heavy atom. The average molecular weight is 308 g/mol. The molecule has 2 saturated carbocycles. The fourth-order valence-electron chi connectivity index (χ4n) is 4.73. The molecule has 0 amide bonds. The maximum atomic E-state index is 11.9. The van der Waals surface area contributed by atoms with Gasteiger partial charge in [-0.05, 0) is 49.9 Å². The number of hydrogen-bond donors (Lipinski definition) is 0. The molecule has 2 aliphatic rings. The van der Waals surface area contributed by atoms with Crippen LogP contribution in [0.25, 0.3) is 0 Å². The fourth-order valence-corrected chi connectivity index (χ4v) is 4.73. The molecule has 0 aromatic carbocycles. The monoisotopic (exact) mass is 308 g/mol. The number of esters is 2. The minimum absolute atomic E-state index is 0.0523. The van der Waals surface area contributed by atoms with Gasteiger partial charge in [-0.25, -0.2) is 4.79 Å². The summed E-state index contributed by atoms with van der Waals surface area (Å²) in [6.45, 7) is 9.94. The molecule has 0 N–H and O–H groups in total. The van der Waals surface area contributed by atoms with Gasteiger partial charge in [0.25, 0.3) is 0 Å². The van der Waals surface area contributed by atoms with E-state index in [0.29, 0.717) is 17.4 Å². The van der Waals surface area contributed by atoms with E-state index in [-0.39, 0.29) is 29.4 Å². The SMILES string of the molecule is C=C(C(=O)OC)C1CCC(C)C2CCC(OC(C)=O)C2(C)C1. The predicted octanol–water partition coefficient (Wildman–Crippen LogP) is 3.50. The van der Waals surface area contributed by atoms with Crippen molar-refractivity contribution in [1.82, 2.24) is 0 Å². The molecule has 5 unspecified atom stereocenters. The van der Waals surface area contributed by atoms with Crippen LogP contribution in [0.2, 0.25) is 0 Å². The molecule has 0 spiro atoms. The number of fused-ring (bicyclic) bond motifs is 1. The summed E-state index contributed by atoms with van der Waals surface area (Å²) in [5.41, 5.74) is 0.480. The highest BCUT2D eigenvalue weighted by Gasteiger charge is 2.52. The molecule has 124 valence electrons. The molecule has 0 saturated heterocycles. The van der Waals surface area contributed by atoms with Crippen LogP contribution in [0.5, 0.6) is 0 Å². The summed E-state index contributed by atoms with van der Waals surface area (Å²) >= 11 is 0. The number of carbonyl (C=O) groups excluding carboxylic acids is 2. The van der Waals surface area contributed by atoms with Crippen LogP contribution in [-0.2, 0) is 19.1 Å². The summed E-state index contributed by atoms with van der Waals surface area (Å²) in [6.07, 6.45) is 4.83. The summed E-state index contributed by atoms with van der Waals surface area (Å²) in [7, 11) is 1.40. The number of rotatable bonds is 3. The largest absolute Gasteiger partial charge is 0.466 e. The van der Waals surface area contributed by atoms with Gasteiger partial charge < -0.3 is 9.47 Å². The molecule has 0 aromatic heterocycles. The zero-order chi connectivity index (χ0) is 16.5. The van der Waals surface area contributed by atoms with Crippen LogP contribution < -0.4 is 0 Å². The summed E-state index contributed by atoms with van der Waals surface area (Å²) in [5, 5.41) is 0. The molecular weight excluding hydrogens is 280 g/mol. The van der Waals surface area contributed by atoms with Crippen molar-refractivity contribution >= 4 is 11.9 Å². The van der Waals surface area contributed by atoms with Gasteiger partial charge in [0.05, 0.1) is 7.11 Å². The lowest BCUT2D eigenvalue weighted by Gasteiger charge is -2.38. The van der Waals surface area contributed by atoms with Crippen LogP contribution >= 0.6 is 0 Å². The standard InChI is InChI=1S/C18H28O4/c1-11-6-7-14(12(2)17(20)21-5)10-18(4)15(11)8-9-16(18)22-13(3)19/h11,14-16H,2,6-10H2,1,3-5H3. The van der Waals surface area contributed by atoms with E-state index in [9.17, 15) is 9.59 Å². The van der Waals surface area contributed by atoms with Crippen molar-refractivity contribution in [3.05, 3.63) is 12.2 Å². The van der Waals surface area contributed by atoms with Crippen molar-refractivity contribution in [2.24, 2.45) is 23.2 Å². The molecule has 0 bridgehead atoms. The van der Waals surface area contributed by atoms with Crippen molar-refractivity contribution in [1.29, 1.82) is 0 Å². The Morgan fingerprint density at radius 1 is 1.18 bits per heavy atom. The molecule has 2 fully saturated rings. The Labute approximate surface area is 133 Å². The van der Waals surface area contributed by atoms with Gasteiger partial charge >= 0.3 is 11.9 Å². The van der Waals surface area contributed by atoms with Crippen LogP contribution in [0.4, 0.5) is 0 Å². The summed E-state index contributed by atoms with van der Waals surface area (Å²) < 4.78 is 10.5. The van der Waals surface area contributed by atoms with Gasteiger partial charge in [0.2, 0.25) is 0 Å². The molecule has 2 aliphatic carbocycles. The van der Waals surface area contributed by atoms with E-state index >= 15 is 0 Å². The average Bonchev–Trinajstić information content (AvgIpc) is 2.70. The van der Waals surface area contributed by atoms with E-state index in [2.05, 4.69) is 20.4 Å². The normalized spacial score (nSPS) is 37.8. The van der Waals surface area contributed by atoms with Crippen molar-refractivity contribution in [2.75, 3.05) is 7.11 Å². The van der Waals surface area contributed by atoms with E-state index in [4.69, 9.17) is 9.47 Å². The molecular formula is C18H28O4. The Balaban J connectivity index is 2.25. The molecule has 0 aliphatic heterocycles. The molecule has 4 nitrogen and oxygen atoms in total. The molecule has 2 rings (SSSR count). The third-order valence-corrected chi connectivity index (χ3v) is 5.91. The number of methoxy groups -OCH3 is 1. The quantitative estimate of drug-likeness (QED) is 0.591. The highest BCUT2D eigenvalue weighted by Crippen LogP contribution is 2.56. The minimum Gasteiger partial charge on any atom is -0.466 e. The van der Waals surface area contributed by atoms with Crippen LogP contribution in [0.15, 0.2) is 12.2 Å². The highest BCUT2D eigenvalue weighted by molar-refractivity contribution is 5.88. The summed E-state index contributed by atoms with van der Waals surface area (Å²) in [4.78, 5) is 23.3. The topological polar surface area (TPSA) is 52.6 Å². The summed E-state index contributed by atoms with van der Waals surface area (Å²) in [5.74, 6) is 0.684. The first kappa shape index (κ1) is 17.0. The van der Waals surface area contributed by atoms with Crippen molar-refractivity contribution < 1.29 is 19.1 Å². The van der Waals surface area contributed by atoms with Gasteiger partial charge in [-0.15, -0.1) is 0 Å². The van der Waals surface area contributed by atoms with E-state index in [1.54, 1.807) is 0 Å². The molecule has 4 heteroatoms. The second-order valence-electron chi connectivity index (χ2n) is 7.26. The van der Waals surface area contributed by atoms with Crippen molar-refractivity contribution in [3.63, 3.8) is 0 Å². The second kappa shape index (κ2) is 6.43. The molecule has 5 atom stereocenters. The third-order valence-electron chi connectivity index (χ3n) is 5.91. The zero-order valence-corrected chi connectivity index (χ0v) is 14.2. The minimum atomic E-state index is -0.318. The van der Waals surface area contributed by atoms with Gasteiger partial charge in [0.1, 0.15) is 6.10 Å². The van der Waals surface area contributed by atoms with Gasteiger partial charge in [-0.3, -0.25) is 4.79 Å². The first-order valence-electron chi connectivity index (χ1n) is 8.24. The van der Waals surface area contributed by atoms with Gasteiger partial charge in [-0.1, -0.05) is 20.4 Å². The lowest BCUT2D eigenvalue weighted by Crippen LogP contribution is -2.38. The molecule has 22 heavy (non-hydrogen) atoms. The van der Waals surface area contributed by atoms with E-state index in [1.165, 1.54) is 14.0 Å². The Hall–Kier alpha value is -1.32. The van der Waals surface area contributed by atoms with Crippen LogP contribution in [0, 0.1) is 23.2 Å². The molecule has 0 radical (unpaired) electrons. The van der Waals surface area contributed by atoms with E-state index < -0.39 is 0 Å². The molecule has 0 aromatic rings.